The number of nitrogens with one attached hydrogen (secondary N) is 2. The van der Waals surface area contributed by atoms with Gasteiger partial charge in [-0.1, -0.05) is 6.07 Å². The number of anilines is 1. The molecule has 0 spiro atoms. The van der Waals surface area contributed by atoms with Gasteiger partial charge in [-0.15, -0.1) is 0 Å². The van der Waals surface area contributed by atoms with Crippen LogP contribution >= 0.6 is 15.9 Å². The first-order valence-corrected chi connectivity index (χ1v) is 6.63. The Bertz CT molecular complexity index is 594. The number of aromatic nitrogens is 2. The second kappa shape index (κ2) is 5.88. The highest BCUT2D eigenvalue weighted by Crippen LogP contribution is 2.25. The topological polar surface area (TPSA) is 59.0 Å². The molecule has 0 aliphatic rings. The fourth-order valence-electron chi connectivity index (χ4n) is 1.81. The molecule has 1 aromatic carbocycles. The number of carbonyl (C=O) groups is 1. The van der Waals surface area contributed by atoms with Gasteiger partial charge in [0.25, 0.3) is 5.91 Å². The fourth-order valence-corrected chi connectivity index (χ4v) is 2.37. The number of para-hydroxylation sites is 1. The van der Waals surface area contributed by atoms with Gasteiger partial charge in [-0.3, -0.25) is 9.48 Å². The van der Waals surface area contributed by atoms with E-state index in [0.29, 0.717) is 12.1 Å². The molecule has 5 nitrogen and oxygen atoms in total. The minimum Gasteiger partial charge on any atom is -0.387 e. The first-order valence-electron chi connectivity index (χ1n) is 5.84. The van der Waals surface area contributed by atoms with E-state index in [2.05, 4.69) is 31.7 Å². The summed E-state index contributed by atoms with van der Waals surface area (Å²) < 4.78 is 2.57. The molecule has 2 rings (SSSR count). The predicted octanol–water partition coefficient (Wildman–Crippen LogP) is 2.15. The zero-order valence-corrected chi connectivity index (χ0v) is 12.4. The molecule has 2 aromatic rings. The average molecular weight is 323 g/mol. The van der Waals surface area contributed by atoms with Gasteiger partial charge >= 0.3 is 0 Å². The quantitative estimate of drug-likeness (QED) is 0.906. The van der Waals surface area contributed by atoms with Crippen LogP contribution in [0.3, 0.4) is 0 Å². The number of carbonyl (C=O) groups excluding carboxylic acids is 1. The van der Waals surface area contributed by atoms with E-state index >= 15 is 0 Å². The predicted molar refractivity (Wildman–Crippen MR) is 78.1 cm³/mol. The van der Waals surface area contributed by atoms with E-state index in [1.807, 2.05) is 25.4 Å². The smallest absolute Gasteiger partial charge is 0.253 e. The Morgan fingerprint density at radius 3 is 2.89 bits per heavy atom. The molecule has 0 saturated heterocycles. The lowest BCUT2D eigenvalue weighted by atomic mass is 10.1. The summed E-state index contributed by atoms with van der Waals surface area (Å²) in [5.41, 5.74) is 2.36. The van der Waals surface area contributed by atoms with Crippen molar-refractivity contribution in [2.45, 2.75) is 6.54 Å². The molecule has 0 radical (unpaired) electrons. The third-order valence-corrected chi connectivity index (χ3v) is 3.38. The van der Waals surface area contributed by atoms with Crippen molar-refractivity contribution in [3.8, 4) is 0 Å². The third-order valence-electron chi connectivity index (χ3n) is 2.72. The SMILES string of the molecule is CNc1c(Br)cccc1C(=O)NCc1cnn(C)c1. The van der Waals surface area contributed by atoms with E-state index in [4.69, 9.17) is 0 Å². The lowest BCUT2D eigenvalue weighted by Gasteiger charge is -2.10. The van der Waals surface area contributed by atoms with Gasteiger partial charge in [0.05, 0.1) is 17.4 Å². The van der Waals surface area contributed by atoms with E-state index in [1.165, 1.54) is 0 Å². The first kappa shape index (κ1) is 13.6. The van der Waals surface area contributed by atoms with Crippen LogP contribution in [0.1, 0.15) is 15.9 Å². The molecule has 1 aromatic heterocycles. The Morgan fingerprint density at radius 1 is 1.47 bits per heavy atom. The maximum absolute atomic E-state index is 12.2. The Balaban J connectivity index is 2.10. The zero-order chi connectivity index (χ0) is 13.8. The number of hydrogen-bond donors (Lipinski definition) is 2. The standard InChI is InChI=1S/C13H15BrN4O/c1-15-12-10(4-3-5-11(12)14)13(19)16-6-9-7-17-18(2)8-9/h3-5,7-8,15H,6H2,1-2H3,(H,16,19). The summed E-state index contributed by atoms with van der Waals surface area (Å²) in [7, 11) is 3.64. The van der Waals surface area contributed by atoms with Crippen LogP contribution in [-0.4, -0.2) is 22.7 Å². The van der Waals surface area contributed by atoms with Crippen molar-refractivity contribution in [1.82, 2.24) is 15.1 Å². The molecule has 2 N–H and O–H groups in total. The Morgan fingerprint density at radius 2 is 2.26 bits per heavy atom. The highest BCUT2D eigenvalue weighted by molar-refractivity contribution is 9.10. The average Bonchev–Trinajstić information content (AvgIpc) is 2.81. The van der Waals surface area contributed by atoms with Crippen molar-refractivity contribution < 1.29 is 4.79 Å². The van der Waals surface area contributed by atoms with Gasteiger partial charge in [0.1, 0.15) is 0 Å². The number of rotatable bonds is 4. The second-order valence-electron chi connectivity index (χ2n) is 4.12. The van der Waals surface area contributed by atoms with E-state index in [-0.39, 0.29) is 5.91 Å². The number of nitrogens with zero attached hydrogens (tertiary/aromatic N) is 2. The van der Waals surface area contributed by atoms with E-state index in [9.17, 15) is 4.79 Å². The minimum absolute atomic E-state index is 0.116. The molecule has 0 bridgehead atoms. The molecule has 100 valence electrons. The van der Waals surface area contributed by atoms with E-state index in [1.54, 1.807) is 24.0 Å². The highest BCUT2D eigenvalue weighted by atomic mass is 79.9. The maximum Gasteiger partial charge on any atom is 0.253 e. The molecule has 0 unspecified atom stereocenters. The van der Waals surface area contributed by atoms with Crippen molar-refractivity contribution >= 4 is 27.5 Å². The van der Waals surface area contributed by atoms with Gasteiger partial charge in [-0.05, 0) is 28.1 Å². The van der Waals surface area contributed by atoms with E-state index < -0.39 is 0 Å². The van der Waals surface area contributed by atoms with Crippen LogP contribution in [0.25, 0.3) is 0 Å². The molecule has 1 heterocycles. The van der Waals surface area contributed by atoms with Gasteiger partial charge in [0, 0.05) is 36.9 Å². The highest BCUT2D eigenvalue weighted by Gasteiger charge is 2.12. The molecule has 0 saturated carbocycles. The summed E-state index contributed by atoms with van der Waals surface area (Å²) in [5.74, 6) is -0.116. The van der Waals surface area contributed by atoms with Crippen molar-refractivity contribution in [2.75, 3.05) is 12.4 Å². The fraction of sp³-hybridized carbons (Fsp3) is 0.231. The summed E-state index contributed by atoms with van der Waals surface area (Å²) >= 11 is 3.42. The largest absolute Gasteiger partial charge is 0.387 e. The van der Waals surface area contributed by atoms with Gasteiger partial charge in [-0.2, -0.15) is 5.10 Å². The molecular formula is C13H15BrN4O. The lowest BCUT2D eigenvalue weighted by Crippen LogP contribution is -2.23. The van der Waals surface area contributed by atoms with Crippen LogP contribution in [0, 0.1) is 0 Å². The third kappa shape index (κ3) is 3.14. The Labute approximate surface area is 120 Å². The second-order valence-corrected chi connectivity index (χ2v) is 4.97. The van der Waals surface area contributed by atoms with Crippen molar-refractivity contribution in [3.63, 3.8) is 0 Å². The van der Waals surface area contributed by atoms with Crippen molar-refractivity contribution in [1.29, 1.82) is 0 Å². The van der Waals surface area contributed by atoms with Crippen LogP contribution in [0.5, 0.6) is 0 Å². The van der Waals surface area contributed by atoms with Crippen LogP contribution in [-0.2, 0) is 13.6 Å². The van der Waals surface area contributed by atoms with E-state index in [0.717, 1.165) is 15.7 Å². The molecule has 0 aliphatic heterocycles. The van der Waals surface area contributed by atoms with Crippen molar-refractivity contribution in [2.24, 2.45) is 7.05 Å². The molecule has 1 amide bonds. The summed E-state index contributed by atoms with van der Waals surface area (Å²) in [6.45, 7) is 0.461. The summed E-state index contributed by atoms with van der Waals surface area (Å²) in [6.07, 6.45) is 3.61. The Hall–Kier alpha value is -1.82. The molecule has 6 heteroatoms. The number of benzene rings is 1. The number of hydrogen-bond acceptors (Lipinski definition) is 3. The van der Waals surface area contributed by atoms with Gasteiger partial charge in [0.15, 0.2) is 0 Å². The maximum atomic E-state index is 12.2. The molecular weight excluding hydrogens is 308 g/mol. The first-order chi connectivity index (χ1) is 9.11. The zero-order valence-electron chi connectivity index (χ0n) is 10.8. The molecule has 19 heavy (non-hydrogen) atoms. The summed E-state index contributed by atoms with van der Waals surface area (Å²) in [6, 6.07) is 5.52. The van der Waals surface area contributed by atoms with Gasteiger partial charge in [-0.25, -0.2) is 0 Å². The minimum atomic E-state index is -0.116. The molecule has 0 atom stereocenters. The lowest BCUT2D eigenvalue weighted by molar-refractivity contribution is 0.0951. The normalized spacial score (nSPS) is 10.3. The Kier molecular flexibility index (Phi) is 4.21. The van der Waals surface area contributed by atoms with Crippen LogP contribution in [0.2, 0.25) is 0 Å². The van der Waals surface area contributed by atoms with Crippen LogP contribution in [0.15, 0.2) is 35.1 Å². The number of aryl methyl sites for hydroxylation is 1. The molecule has 0 fully saturated rings. The van der Waals surface area contributed by atoms with Crippen molar-refractivity contribution in [3.05, 3.63) is 46.2 Å². The summed E-state index contributed by atoms with van der Waals surface area (Å²) in [5, 5.41) is 9.96. The monoisotopic (exact) mass is 322 g/mol. The number of amides is 1. The van der Waals surface area contributed by atoms with Crippen LogP contribution < -0.4 is 10.6 Å². The summed E-state index contributed by atoms with van der Waals surface area (Å²) in [4.78, 5) is 12.2. The van der Waals surface area contributed by atoms with Gasteiger partial charge in [0.2, 0.25) is 0 Å². The number of halogens is 1. The van der Waals surface area contributed by atoms with Crippen LogP contribution in [0.4, 0.5) is 5.69 Å². The molecule has 0 aliphatic carbocycles. The van der Waals surface area contributed by atoms with Gasteiger partial charge < -0.3 is 10.6 Å².